The number of benzene rings is 2. The van der Waals surface area contributed by atoms with Gasteiger partial charge in [0.2, 0.25) is 5.91 Å². The molecule has 2 aromatic carbocycles. The molecule has 0 saturated heterocycles. The number of rotatable bonds is 5. The average Bonchev–Trinajstić information content (AvgIpc) is 3.25. The van der Waals surface area contributed by atoms with Gasteiger partial charge in [0.05, 0.1) is 26.2 Å². The normalized spacial score (nSPS) is 14.3. The Balaban J connectivity index is 1.52. The summed E-state index contributed by atoms with van der Waals surface area (Å²) in [5.74, 6) is 2.53. The minimum atomic E-state index is -0.0536. The smallest absolute Gasteiger partial charge is 0.228 e. The highest BCUT2D eigenvalue weighted by molar-refractivity contribution is 5.93. The third kappa shape index (κ3) is 3.14. The second kappa shape index (κ2) is 6.67. The Morgan fingerprint density at radius 1 is 1.16 bits per heavy atom. The highest BCUT2D eigenvalue weighted by Gasteiger charge is 2.27. The number of fused-ring (bicyclic) bond motifs is 2. The van der Waals surface area contributed by atoms with Gasteiger partial charge in [-0.15, -0.1) is 0 Å². The molecule has 0 radical (unpaired) electrons. The van der Waals surface area contributed by atoms with E-state index in [0.717, 1.165) is 52.5 Å². The molecule has 5 nitrogen and oxygen atoms in total. The molecule has 2 aliphatic heterocycles. The number of hydrogen-bond donors (Lipinski definition) is 1. The molecular formula is C20H21NO4. The molecule has 0 bridgehead atoms. The summed E-state index contributed by atoms with van der Waals surface area (Å²) >= 11 is 0. The number of carbonyl (C=O) groups is 1. The number of amides is 1. The second-order valence-electron chi connectivity index (χ2n) is 6.20. The molecule has 2 aliphatic rings. The Kier molecular flexibility index (Phi) is 4.22. The summed E-state index contributed by atoms with van der Waals surface area (Å²) in [4.78, 5) is 12.6. The fourth-order valence-corrected chi connectivity index (χ4v) is 3.44. The Morgan fingerprint density at radius 3 is 2.76 bits per heavy atom. The van der Waals surface area contributed by atoms with Crippen molar-refractivity contribution >= 4 is 11.6 Å². The van der Waals surface area contributed by atoms with Crippen LogP contribution in [0.4, 0.5) is 5.69 Å². The fraction of sp³-hybridized carbons (Fsp3) is 0.350. The first-order valence-electron chi connectivity index (χ1n) is 8.70. The second-order valence-corrected chi connectivity index (χ2v) is 6.20. The average molecular weight is 339 g/mol. The van der Waals surface area contributed by atoms with Crippen LogP contribution in [0.1, 0.15) is 23.6 Å². The third-order valence-electron chi connectivity index (χ3n) is 4.55. The number of anilines is 1. The fourth-order valence-electron chi connectivity index (χ4n) is 3.44. The lowest BCUT2D eigenvalue weighted by Crippen LogP contribution is -2.16. The van der Waals surface area contributed by atoms with Crippen LogP contribution in [-0.4, -0.2) is 25.7 Å². The Labute approximate surface area is 146 Å². The monoisotopic (exact) mass is 339 g/mol. The van der Waals surface area contributed by atoms with Crippen molar-refractivity contribution in [3.8, 4) is 17.2 Å². The first-order valence-corrected chi connectivity index (χ1v) is 8.70. The molecule has 0 fully saturated rings. The van der Waals surface area contributed by atoms with Crippen molar-refractivity contribution in [1.82, 2.24) is 0 Å². The summed E-state index contributed by atoms with van der Waals surface area (Å²) in [5.41, 5.74) is 3.99. The molecule has 0 aromatic heterocycles. The van der Waals surface area contributed by atoms with Gasteiger partial charge in [0.1, 0.15) is 17.2 Å². The summed E-state index contributed by atoms with van der Waals surface area (Å²) in [7, 11) is 0. The molecule has 2 aromatic rings. The van der Waals surface area contributed by atoms with Crippen LogP contribution in [0.2, 0.25) is 0 Å². The predicted octanol–water partition coefficient (Wildman–Crippen LogP) is 3.14. The van der Waals surface area contributed by atoms with Crippen LogP contribution in [0, 0.1) is 0 Å². The van der Waals surface area contributed by atoms with E-state index in [-0.39, 0.29) is 5.91 Å². The van der Waals surface area contributed by atoms with Gasteiger partial charge in [0, 0.05) is 35.2 Å². The highest BCUT2D eigenvalue weighted by Crippen LogP contribution is 2.40. The van der Waals surface area contributed by atoms with Gasteiger partial charge in [-0.25, -0.2) is 0 Å². The van der Waals surface area contributed by atoms with Crippen LogP contribution in [0.15, 0.2) is 30.3 Å². The predicted molar refractivity (Wildman–Crippen MR) is 94.8 cm³/mol. The van der Waals surface area contributed by atoms with E-state index >= 15 is 0 Å². The highest BCUT2D eigenvalue weighted by atomic mass is 16.5. The van der Waals surface area contributed by atoms with Crippen molar-refractivity contribution in [3.63, 3.8) is 0 Å². The molecule has 130 valence electrons. The largest absolute Gasteiger partial charge is 0.494 e. The van der Waals surface area contributed by atoms with E-state index in [0.29, 0.717) is 26.2 Å². The Morgan fingerprint density at radius 2 is 1.96 bits per heavy atom. The van der Waals surface area contributed by atoms with E-state index in [1.54, 1.807) is 0 Å². The van der Waals surface area contributed by atoms with Crippen molar-refractivity contribution < 1.29 is 19.0 Å². The first kappa shape index (κ1) is 15.8. The van der Waals surface area contributed by atoms with Crippen molar-refractivity contribution in [2.45, 2.75) is 26.2 Å². The summed E-state index contributed by atoms with van der Waals surface area (Å²) in [5, 5.41) is 2.95. The topological polar surface area (TPSA) is 56.8 Å². The summed E-state index contributed by atoms with van der Waals surface area (Å²) < 4.78 is 16.9. The number of carbonyl (C=O) groups excluding carboxylic acids is 1. The van der Waals surface area contributed by atoms with E-state index in [9.17, 15) is 4.79 Å². The van der Waals surface area contributed by atoms with Crippen molar-refractivity contribution in [2.24, 2.45) is 0 Å². The standard InChI is InChI=1S/C20H21NO4/c1-2-23-15-5-3-14(4-6-15)21-19(22)12-17-16-8-10-24-18(16)11-13-7-9-25-20(13)17/h3-6,11H,2,7-10,12H2,1H3,(H,21,22). The maximum atomic E-state index is 12.6. The summed E-state index contributed by atoms with van der Waals surface area (Å²) in [6.45, 7) is 3.91. The van der Waals surface area contributed by atoms with Crippen molar-refractivity contribution in [1.29, 1.82) is 0 Å². The van der Waals surface area contributed by atoms with Crippen LogP contribution in [-0.2, 0) is 24.1 Å². The van der Waals surface area contributed by atoms with Crippen LogP contribution in [0.5, 0.6) is 17.2 Å². The molecule has 25 heavy (non-hydrogen) atoms. The Hall–Kier alpha value is -2.69. The molecule has 4 rings (SSSR count). The van der Waals surface area contributed by atoms with E-state index in [1.165, 1.54) is 0 Å². The zero-order valence-electron chi connectivity index (χ0n) is 14.3. The zero-order chi connectivity index (χ0) is 17.2. The van der Waals surface area contributed by atoms with E-state index in [1.807, 2.05) is 31.2 Å². The molecule has 5 heteroatoms. The number of hydrogen-bond acceptors (Lipinski definition) is 4. The van der Waals surface area contributed by atoms with Gasteiger partial charge in [-0.2, -0.15) is 0 Å². The molecule has 0 unspecified atom stereocenters. The summed E-state index contributed by atoms with van der Waals surface area (Å²) in [6.07, 6.45) is 2.00. The third-order valence-corrected chi connectivity index (χ3v) is 4.55. The van der Waals surface area contributed by atoms with Gasteiger partial charge < -0.3 is 19.5 Å². The van der Waals surface area contributed by atoms with Gasteiger partial charge in [-0.1, -0.05) is 0 Å². The van der Waals surface area contributed by atoms with Crippen LogP contribution >= 0.6 is 0 Å². The molecular weight excluding hydrogens is 318 g/mol. The molecule has 2 heterocycles. The molecule has 0 spiro atoms. The van der Waals surface area contributed by atoms with Gasteiger partial charge in [-0.05, 0) is 37.3 Å². The van der Waals surface area contributed by atoms with E-state index in [4.69, 9.17) is 14.2 Å². The molecule has 0 saturated carbocycles. The molecule has 1 amide bonds. The SMILES string of the molecule is CCOc1ccc(NC(=O)Cc2c3c(cc4c2OCC4)OCC3)cc1. The molecule has 0 atom stereocenters. The lowest BCUT2D eigenvalue weighted by Gasteiger charge is -2.13. The molecule has 0 aliphatic carbocycles. The van der Waals surface area contributed by atoms with Gasteiger partial charge >= 0.3 is 0 Å². The maximum Gasteiger partial charge on any atom is 0.228 e. The summed E-state index contributed by atoms with van der Waals surface area (Å²) in [6, 6.07) is 9.48. The lowest BCUT2D eigenvalue weighted by atomic mass is 9.97. The van der Waals surface area contributed by atoms with E-state index < -0.39 is 0 Å². The van der Waals surface area contributed by atoms with Crippen molar-refractivity contribution in [2.75, 3.05) is 25.1 Å². The van der Waals surface area contributed by atoms with Crippen LogP contribution in [0.3, 0.4) is 0 Å². The number of nitrogens with one attached hydrogen (secondary N) is 1. The minimum Gasteiger partial charge on any atom is -0.494 e. The minimum absolute atomic E-state index is 0.0536. The molecule has 1 N–H and O–H groups in total. The zero-order valence-corrected chi connectivity index (χ0v) is 14.3. The van der Waals surface area contributed by atoms with Crippen molar-refractivity contribution in [3.05, 3.63) is 47.0 Å². The van der Waals surface area contributed by atoms with Gasteiger partial charge in [0.25, 0.3) is 0 Å². The van der Waals surface area contributed by atoms with Crippen LogP contribution in [0.25, 0.3) is 0 Å². The van der Waals surface area contributed by atoms with Crippen LogP contribution < -0.4 is 19.5 Å². The number of ether oxygens (including phenoxy) is 3. The lowest BCUT2D eigenvalue weighted by molar-refractivity contribution is -0.115. The van der Waals surface area contributed by atoms with Gasteiger partial charge in [0.15, 0.2) is 0 Å². The van der Waals surface area contributed by atoms with E-state index in [2.05, 4.69) is 11.4 Å². The quantitative estimate of drug-likeness (QED) is 0.909. The maximum absolute atomic E-state index is 12.6. The van der Waals surface area contributed by atoms with Gasteiger partial charge in [-0.3, -0.25) is 4.79 Å². The first-order chi connectivity index (χ1) is 12.2. The Bertz CT molecular complexity index is 766.